The van der Waals surface area contributed by atoms with Gasteiger partial charge in [-0.3, -0.25) is 0 Å². The number of nitrogens with one attached hydrogen (secondary N) is 1. The lowest BCUT2D eigenvalue weighted by Gasteiger charge is -2.37. The predicted octanol–water partition coefficient (Wildman–Crippen LogP) is 1.69. The Morgan fingerprint density at radius 3 is 3.00 bits per heavy atom. The summed E-state index contributed by atoms with van der Waals surface area (Å²) >= 11 is 8.55. The Labute approximate surface area is 115 Å². The van der Waals surface area contributed by atoms with Gasteiger partial charge in [-0.15, -0.1) is 0 Å². The Morgan fingerprint density at radius 1 is 1.53 bits per heavy atom. The standard InChI is InChI=1S/C11H17BrN4S/c1-15-3-4-16(2)8(7-15)5-10-13-6-9(12)11(17)14-10/h6,8H,3-5,7H2,1-2H3,(H,13,14,17). The van der Waals surface area contributed by atoms with E-state index in [-0.39, 0.29) is 0 Å². The molecule has 1 aliphatic heterocycles. The largest absolute Gasteiger partial charge is 0.334 e. The maximum atomic E-state index is 5.19. The summed E-state index contributed by atoms with van der Waals surface area (Å²) in [5.41, 5.74) is 0. The molecule has 0 radical (unpaired) electrons. The van der Waals surface area contributed by atoms with Gasteiger partial charge in [0.15, 0.2) is 0 Å². The zero-order chi connectivity index (χ0) is 12.4. The Balaban J connectivity index is 2.08. The van der Waals surface area contributed by atoms with E-state index in [0.717, 1.165) is 41.0 Å². The monoisotopic (exact) mass is 316 g/mol. The van der Waals surface area contributed by atoms with Crippen LogP contribution in [0.4, 0.5) is 0 Å². The van der Waals surface area contributed by atoms with Crippen molar-refractivity contribution in [2.75, 3.05) is 33.7 Å². The van der Waals surface area contributed by atoms with Crippen molar-refractivity contribution in [3.63, 3.8) is 0 Å². The van der Waals surface area contributed by atoms with E-state index in [1.54, 1.807) is 6.20 Å². The number of halogens is 1. The first-order valence-corrected chi connectivity index (χ1v) is 6.89. The van der Waals surface area contributed by atoms with E-state index in [4.69, 9.17) is 12.2 Å². The van der Waals surface area contributed by atoms with Gasteiger partial charge in [0, 0.05) is 38.3 Å². The quantitative estimate of drug-likeness (QED) is 0.842. The van der Waals surface area contributed by atoms with Crippen LogP contribution >= 0.6 is 28.1 Å². The molecule has 1 aliphatic rings. The molecule has 6 heteroatoms. The number of hydrogen-bond donors (Lipinski definition) is 1. The molecule has 1 atom stereocenters. The van der Waals surface area contributed by atoms with E-state index in [9.17, 15) is 0 Å². The average molecular weight is 317 g/mol. The van der Waals surface area contributed by atoms with Crippen LogP contribution in [0.5, 0.6) is 0 Å². The van der Waals surface area contributed by atoms with Gasteiger partial charge in [-0.05, 0) is 30.0 Å². The SMILES string of the molecule is CN1CCN(C)C(Cc2ncc(Br)c(=S)[nH]2)C1. The maximum absolute atomic E-state index is 5.19. The average Bonchev–Trinajstić information content (AvgIpc) is 2.29. The highest BCUT2D eigenvalue weighted by Gasteiger charge is 2.22. The van der Waals surface area contributed by atoms with Crippen molar-refractivity contribution in [2.45, 2.75) is 12.5 Å². The zero-order valence-electron chi connectivity index (χ0n) is 10.1. The van der Waals surface area contributed by atoms with Gasteiger partial charge in [0.1, 0.15) is 10.5 Å². The molecule has 0 aromatic carbocycles. The fourth-order valence-electron chi connectivity index (χ4n) is 2.07. The lowest BCUT2D eigenvalue weighted by molar-refractivity contribution is 0.113. The first-order valence-electron chi connectivity index (χ1n) is 5.68. The fourth-order valence-corrected chi connectivity index (χ4v) is 2.44. The number of H-pyrrole nitrogens is 1. The molecule has 1 aromatic rings. The molecule has 2 rings (SSSR count). The lowest BCUT2D eigenvalue weighted by atomic mass is 10.1. The summed E-state index contributed by atoms with van der Waals surface area (Å²) in [6.45, 7) is 3.32. The van der Waals surface area contributed by atoms with Crippen molar-refractivity contribution in [3.8, 4) is 0 Å². The number of likely N-dealkylation sites (N-methyl/N-ethyl adjacent to an activating group) is 2. The summed E-state index contributed by atoms with van der Waals surface area (Å²) in [6.07, 6.45) is 2.69. The fraction of sp³-hybridized carbons (Fsp3) is 0.636. The summed E-state index contributed by atoms with van der Waals surface area (Å²) < 4.78 is 1.58. The molecule has 4 nitrogen and oxygen atoms in total. The minimum atomic E-state index is 0.507. The molecule has 2 heterocycles. The van der Waals surface area contributed by atoms with E-state index in [1.807, 2.05) is 0 Å². The van der Waals surface area contributed by atoms with E-state index >= 15 is 0 Å². The van der Waals surface area contributed by atoms with Crippen molar-refractivity contribution in [1.82, 2.24) is 19.8 Å². The molecule has 0 amide bonds. The van der Waals surface area contributed by atoms with Gasteiger partial charge in [0.2, 0.25) is 0 Å². The summed E-state index contributed by atoms with van der Waals surface area (Å²) in [4.78, 5) is 12.3. The van der Waals surface area contributed by atoms with Gasteiger partial charge >= 0.3 is 0 Å². The van der Waals surface area contributed by atoms with Crippen LogP contribution in [0.1, 0.15) is 5.82 Å². The van der Waals surface area contributed by atoms with Crippen molar-refractivity contribution in [3.05, 3.63) is 21.1 Å². The minimum Gasteiger partial charge on any atom is -0.334 e. The van der Waals surface area contributed by atoms with Crippen LogP contribution in [0.3, 0.4) is 0 Å². The highest BCUT2D eigenvalue weighted by atomic mass is 79.9. The lowest BCUT2D eigenvalue weighted by Crippen LogP contribution is -2.50. The van der Waals surface area contributed by atoms with Gasteiger partial charge in [0.25, 0.3) is 0 Å². The molecule has 1 saturated heterocycles. The second-order valence-corrected chi connectivity index (χ2v) is 5.87. The molecule has 0 bridgehead atoms. The second-order valence-electron chi connectivity index (χ2n) is 4.61. The first-order chi connectivity index (χ1) is 8.06. The van der Waals surface area contributed by atoms with Gasteiger partial charge < -0.3 is 14.8 Å². The van der Waals surface area contributed by atoms with E-state index < -0.39 is 0 Å². The number of aromatic amines is 1. The number of piperazine rings is 1. The van der Waals surface area contributed by atoms with Crippen LogP contribution in [0, 0.1) is 4.64 Å². The topological polar surface area (TPSA) is 35.2 Å². The number of aromatic nitrogens is 2. The maximum Gasteiger partial charge on any atom is 0.120 e. The summed E-state index contributed by atoms with van der Waals surface area (Å²) in [7, 11) is 4.34. The Bertz CT molecular complexity index is 447. The molecule has 94 valence electrons. The third kappa shape index (κ3) is 3.34. The summed E-state index contributed by atoms with van der Waals surface area (Å²) in [5.74, 6) is 0.963. The zero-order valence-corrected chi connectivity index (χ0v) is 12.5. The third-order valence-corrected chi connectivity index (χ3v) is 4.40. The highest BCUT2D eigenvalue weighted by Crippen LogP contribution is 2.12. The molecule has 0 spiro atoms. The molecule has 1 unspecified atom stereocenters. The Hall–Kier alpha value is -0.300. The van der Waals surface area contributed by atoms with E-state index in [1.165, 1.54) is 0 Å². The van der Waals surface area contributed by atoms with Crippen LogP contribution in [0.25, 0.3) is 0 Å². The summed E-state index contributed by atoms with van der Waals surface area (Å²) in [6, 6.07) is 0.507. The van der Waals surface area contributed by atoms with Gasteiger partial charge in [-0.2, -0.15) is 0 Å². The van der Waals surface area contributed by atoms with Crippen LogP contribution in [-0.4, -0.2) is 59.5 Å². The van der Waals surface area contributed by atoms with Gasteiger partial charge in [-0.25, -0.2) is 4.98 Å². The number of rotatable bonds is 2. The first kappa shape index (κ1) is 13.1. The van der Waals surface area contributed by atoms with Gasteiger partial charge in [-0.1, -0.05) is 12.2 Å². The van der Waals surface area contributed by atoms with Crippen LogP contribution in [-0.2, 0) is 6.42 Å². The van der Waals surface area contributed by atoms with Crippen molar-refractivity contribution in [2.24, 2.45) is 0 Å². The van der Waals surface area contributed by atoms with Crippen molar-refractivity contribution >= 4 is 28.1 Å². The minimum absolute atomic E-state index is 0.507. The molecule has 17 heavy (non-hydrogen) atoms. The van der Waals surface area contributed by atoms with Gasteiger partial charge in [0.05, 0.1) is 4.47 Å². The second kappa shape index (κ2) is 5.56. The van der Waals surface area contributed by atoms with E-state index in [0.29, 0.717) is 6.04 Å². The molecule has 1 N–H and O–H groups in total. The number of nitrogens with zero attached hydrogens (tertiary/aromatic N) is 3. The Morgan fingerprint density at radius 2 is 2.29 bits per heavy atom. The highest BCUT2D eigenvalue weighted by molar-refractivity contribution is 9.10. The molecular formula is C11H17BrN4S. The van der Waals surface area contributed by atoms with Crippen LogP contribution in [0.2, 0.25) is 0 Å². The molecule has 0 saturated carbocycles. The van der Waals surface area contributed by atoms with E-state index in [2.05, 4.69) is 49.8 Å². The summed E-state index contributed by atoms with van der Waals surface area (Å²) in [5, 5.41) is 0. The molecule has 1 fully saturated rings. The predicted molar refractivity (Wildman–Crippen MR) is 74.7 cm³/mol. The Kier molecular flexibility index (Phi) is 4.30. The smallest absolute Gasteiger partial charge is 0.120 e. The normalized spacial score (nSPS) is 22.9. The number of hydrogen-bond acceptors (Lipinski definition) is 4. The van der Waals surface area contributed by atoms with Crippen LogP contribution < -0.4 is 0 Å². The van der Waals surface area contributed by atoms with Crippen molar-refractivity contribution in [1.29, 1.82) is 0 Å². The molecule has 1 aromatic heterocycles. The van der Waals surface area contributed by atoms with Crippen molar-refractivity contribution < 1.29 is 0 Å². The molecular weight excluding hydrogens is 300 g/mol. The van der Waals surface area contributed by atoms with Crippen LogP contribution in [0.15, 0.2) is 10.7 Å². The molecule has 0 aliphatic carbocycles. The third-order valence-electron chi connectivity index (χ3n) is 3.22.